The molecule has 150 valence electrons. The summed E-state index contributed by atoms with van der Waals surface area (Å²) in [6.07, 6.45) is 1.31. The highest BCUT2D eigenvalue weighted by atomic mass is 16.5. The first kappa shape index (κ1) is 19.7. The van der Waals surface area contributed by atoms with Gasteiger partial charge in [0, 0.05) is 12.1 Å². The topological polar surface area (TPSA) is 144 Å². The van der Waals surface area contributed by atoms with Crippen molar-refractivity contribution in [3.05, 3.63) is 52.9 Å². The summed E-state index contributed by atoms with van der Waals surface area (Å²) in [5.74, 6) is -0.556. The molecule has 0 saturated heterocycles. The Kier molecular flexibility index (Phi) is 5.68. The summed E-state index contributed by atoms with van der Waals surface area (Å²) in [5.41, 5.74) is 10.9. The van der Waals surface area contributed by atoms with Gasteiger partial charge in [-0.25, -0.2) is 0 Å². The molecule has 1 heterocycles. The van der Waals surface area contributed by atoms with E-state index < -0.39 is 18.4 Å². The van der Waals surface area contributed by atoms with Crippen LogP contribution < -0.4 is 31.1 Å². The van der Waals surface area contributed by atoms with Crippen molar-refractivity contribution < 1.29 is 28.2 Å². The van der Waals surface area contributed by atoms with E-state index in [9.17, 15) is 14.4 Å². The number of hydrogen-bond acceptors (Lipinski definition) is 7. The molecule has 9 nitrogen and oxygen atoms in total. The fraction of sp³-hybridized carbons (Fsp3) is 0.150. The van der Waals surface area contributed by atoms with Gasteiger partial charge in [0.05, 0.1) is 12.7 Å². The standard InChI is InChI=1S/C20H18N2O7/c1-26-12-4-2-11(3-5-12)14-8-28-15-6-13(27-9-17(21)23)7-16(19(15)20(14)25)29-10-18(22)24/h2-8H,9-10H2,1H3,(H2,21,23)(H2,22,24). The summed E-state index contributed by atoms with van der Waals surface area (Å²) in [7, 11) is 1.54. The Bertz CT molecular complexity index is 1120. The molecule has 0 aliphatic rings. The number of amides is 2. The smallest absolute Gasteiger partial charge is 0.255 e. The first-order chi connectivity index (χ1) is 13.9. The zero-order chi connectivity index (χ0) is 21.0. The monoisotopic (exact) mass is 398 g/mol. The Hall–Kier alpha value is -4.01. The average Bonchev–Trinajstić information content (AvgIpc) is 2.70. The first-order valence-electron chi connectivity index (χ1n) is 8.45. The van der Waals surface area contributed by atoms with Crippen LogP contribution >= 0.6 is 0 Å². The summed E-state index contributed by atoms with van der Waals surface area (Å²) in [6, 6.07) is 9.64. The van der Waals surface area contributed by atoms with Gasteiger partial charge >= 0.3 is 0 Å². The number of carbonyl (C=O) groups is 2. The molecular weight excluding hydrogens is 380 g/mol. The number of ether oxygens (including phenoxy) is 3. The third-order valence-corrected chi connectivity index (χ3v) is 3.97. The van der Waals surface area contributed by atoms with Crippen LogP contribution in [0.1, 0.15) is 0 Å². The van der Waals surface area contributed by atoms with Crippen LogP contribution in [-0.4, -0.2) is 32.1 Å². The Morgan fingerprint density at radius 2 is 1.62 bits per heavy atom. The van der Waals surface area contributed by atoms with Crippen molar-refractivity contribution in [3.8, 4) is 28.4 Å². The zero-order valence-electron chi connectivity index (χ0n) is 15.5. The Morgan fingerprint density at radius 1 is 0.966 bits per heavy atom. The summed E-state index contributed by atoms with van der Waals surface area (Å²) in [4.78, 5) is 35.2. The second-order valence-corrected chi connectivity index (χ2v) is 6.01. The summed E-state index contributed by atoms with van der Waals surface area (Å²) < 4.78 is 21.4. The van der Waals surface area contributed by atoms with E-state index >= 15 is 0 Å². The molecule has 0 radical (unpaired) electrons. The van der Waals surface area contributed by atoms with Crippen molar-refractivity contribution in [2.45, 2.75) is 0 Å². The summed E-state index contributed by atoms with van der Waals surface area (Å²) in [5, 5.41) is 0.103. The number of carbonyl (C=O) groups excluding carboxylic acids is 2. The average molecular weight is 398 g/mol. The number of fused-ring (bicyclic) bond motifs is 1. The fourth-order valence-corrected chi connectivity index (χ4v) is 2.66. The van der Waals surface area contributed by atoms with Gasteiger partial charge in [-0.05, 0) is 17.7 Å². The predicted octanol–water partition coefficient (Wildman–Crippen LogP) is 1.20. The minimum Gasteiger partial charge on any atom is -0.497 e. The van der Waals surface area contributed by atoms with E-state index in [0.717, 1.165) is 0 Å². The van der Waals surface area contributed by atoms with Crippen molar-refractivity contribution >= 4 is 22.8 Å². The van der Waals surface area contributed by atoms with Gasteiger partial charge < -0.3 is 30.1 Å². The molecule has 0 bridgehead atoms. The highest BCUT2D eigenvalue weighted by molar-refractivity contribution is 5.89. The van der Waals surface area contributed by atoms with E-state index in [4.69, 9.17) is 30.1 Å². The molecule has 0 fully saturated rings. The zero-order valence-corrected chi connectivity index (χ0v) is 15.5. The van der Waals surface area contributed by atoms with Crippen LogP contribution in [0.3, 0.4) is 0 Å². The van der Waals surface area contributed by atoms with Gasteiger partial charge in [-0.1, -0.05) is 12.1 Å². The van der Waals surface area contributed by atoms with Gasteiger partial charge in [0.1, 0.15) is 34.5 Å². The van der Waals surface area contributed by atoms with Crippen LogP contribution in [0.25, 0.3) is 22.1 Å². The van der Waals surface area contributed by atoms with E-state index in [1.165, 1.54) is 18.4 Å². The minimum absolute atomic E-state index is 0.0323. The fourth-order valence-electron chi connectivity index (χ4n) is 2.66. The molecule has 0 unspecified atom stereocenters. The summed E-state index contributed by atoms with van der Waals surface area (Å²) in [6.45, 7) is -0.838. The van der Waals surface area contributed by atoms with Gasteiger partial charge in [-0.2, -0.15) is 0 Å². The van der Waals surface area contributed by atoms with Crippen LogP contribution in [-0.2, 0) is 9.59 Å². The van der Waals surface area contributed by atoms with Crippen molar-refractivity contribution in [1.29, 1.82) is 0 Å². The maximum atomic E-state index is 13.1. The quantitative estimate of drug-likeness (QED) is 0.580. The maximum Gasteiger partial charge on any atom is 0.255 e. The van der Waals surface area contributed by atoms with Gasteiger partial charge in [-0.15, -0.1) is 0 Å². The molecule has 0 saturated carbocycles. The first-order valence-corrected chi connectivity index (χ1v) is 8.45. The van der Waals surface area contributed by atoms with Crippen molar-refractivity contribution in [1.82, 2.24) is 0 Å². The largest absolute Gasteiger partial charge is 0.497 e. The van der Waals surface area contributed by atoms with Crippen molar-refractivity contribution in [2.75, 3.05) is 20.3 Å². The molecule has 1 aromatic heterocycles. The molecular formula is C20H18N2O7. The lowest BCUT2D eigenvalue weighted by molar-refractivity contribution is -0.120. The Balaban J connectivity index is 2.13. The molecule has 3 aromatic rings. The number of rotatable bonds is 8. The van der Waals surface area contributed by atoms with Crippen LogP contribution in [0.15, 0.2) is 51.9 Å². The minimum atomic E-state index is -0.725. The molecule has 0 spiro atoms. The lowest BCUT2D eigenvalue weighted by Crippen LogP contribution is -2.21. The Morgan fingerprint density at radius 3 is 2.24 bits per heavy atom. The molecule has 29 heavy (non-hydrogen) atoms. The van der Waals surface area contributed by atoms with Crippen molar-refractivity contribution in [2.24, 2.45) is 11.5 Å². The molecule has 4 N–H and O–H groups in total. The third-order valence-electron chi connectivity index (χ3n) is 3.97. The van der Waals surface area contributed by atoms with Crippen LogP contribution in [0.5, 0.6) is 17.2 Å². The highest BCUT2D eigenvalue weighted by Crippen LogP contribution is 2.31. The Labute approximate surface area is 164 Å². The van der Waals surface area contributed by atoms with Crippen LogP contribution in [0.4, 0.5) is 0 Å². The van der Waals surface area contributed by atoms with Crippen molar-refractivity contribution in [3.63, 3.8) is 0 Å². The van der Waals surface area contributed by atoms with E-state index in [2.05, 4.69) is 0 Å². The van der Waals surface area contributed by atoms with E-state index in [1.807, 2.05) is 0 Å². The maximum absolute atomic E-state index is 13.1. The molecule has 3 rings (SSSR count). The predicted molar refractivity (Wildman–Crippen MR) is 104 cm³/mol. The van der Waals surface area contributed by atoms with Gasteiger partial charge in [-0.3, -0.25) is 14.4 Å². The van der Waals surface area contributed by atoms with Gasteiger partial charge in [0.15, 0.2) is 13.2 Å². The third kappa shape index (κ3) is 4.46. The molecule has 0 aliphatic heterocycles. The van der Waals surface area contributed by atoms with Gasteiger partial charge in [0.25, 0.3) is 11.8 Å². The molecule has 0 aliphatic carbocycles. The van der Waals surface area contributed by atoms with E-state index in [1.54, 1.807) is 31.4 Å². The van der Waals surface area contributed by atoms with Crippen LogP contribution in [0, 0.1) is 0 Å². The number of benzene rings is 2. The van der Waals surface area contributed by atoms with Crippen LogP contribution in [0.2, 0.25) is 0 Å². The molecule has 2 aromatic carbocycles. The number of hydrogen-bond donors (Lipinski definition) is 2. The number of methoxy groups -OCH3 is 1. The van der Waals surface area contributed by atoms with E-state index in [-0.39, 0.29) is 40.1 Å². The highest BCUT2D eigenvalue weighted by Gasteiger charge is 2.17. The molecule has 9 heteroatoms. The normalized spacial score (nSPS) is 10.5. The second-order valence-electron chi connectivity index (χ2n) is 6.01. The summed E-state index contributed by atoms with van der Waals surface area (Å²) >= 11 is 0. The SMILES string of the molecule is COc1ccc(-c2coc3cc(OCC(N)=O)cc(OCC(N)=O)c3c2=O)cc1. The van der Waals surface area contributed by atoms with Gasteiger partial charge in [0.2, 0.25) is 5.43 Å². The number of primary amides is 2. The number of nitrogens with two attached hydrogens (primary N) is 2. The van der Waals surface area contributed by atoms with E-state index in [0.29, 0.717) is 11.3 Å². The lowest BCUT2D eigenvalue weighted by Gasteiger charge is -2.12. The molecule has 0 atom stereocenters. The lowest BCUT2D eigenvalue weighted by atomic mass is 10.0. The molecule has 2 amide bonds. The second kappa shape index (κ2) is 8.34.